The summed E-state index contributed by atoms with van der Waals surface area (Å²) in [6, 6.07) is 0. The molecule has 0 aliphatic rings. The van der Waals surface area contributed by atoms with E-state index < -0.39 is 12.8 Å². The van der Waals surface area contributed by atoms with Crippen LogP contribution in [0.15, 0.2) is 0 Å². The van der Waals surface area contributed by atoms with Crippen LogP contribution in [0.3, 0.4) is 0 Å². The predicted molar refractivity (Wildman–Crippen MR) is 65.9 cm³/mol. The molecule has 0 saturated heterocycles. The van der Waals surface area contributed by atoms with Gasteiger partial charge < -0.3 is 14.2 Å². The molecule has 0 saturated carbocycles. The summed E-state index contributed by atoms with van der Waals surface area (Å²) in [5.41, 5.74) is -0.174. The van der Waals surface area contributed by atoms with Crippen molar-refractivity contribution in [3.05, 3.63) is 0 Å². The third-order valence-electron chi connectivity index (χ3n) is 1.94. The maximum absolute atomic E-state index is 11.7. The molecule has 0 aliphatic carbocycles. The normalized spacial score (nSPS) is 17.2. The van der Waals surface area contributed by atoms with E-state index in [-0.39, 0.29) is 12.2 Å². The highest BCUT2D eigenvalue weighted by atomic mass is 31.2. The van der Waals surface area contributed by atoms with Gasteiger partial charge in [-0.1, -0.05) is 0 Å². The molecule has 98 valence electrons. The van der Waals surface area contributed by atoms with Gasteiger partial charge in [0, 0.05) is 6.61 Å². The molecule has 1 unspecified atom stereocenters. The van der Waals surface area contributed by atoms with Crippen LogP contribution in [0.25, 0.3) is 0 Å². The third-order valence-corrected chi connectivity index (χ3v) is 4.17. The van der Waals surface area contributed by atoms with Gasteiger partial charge >= 0.3 is 7.60 Å². The third kappa shape index (κ3) is 6.64. The lowest BCUT2D eigenvalue weighted by Gasteiger charge is -2.25. The molecular weight excluding hydrogens is 227 g/mol. The van der Waals surface area contributed by atoms with Gasteiger partial charge in [0.2, 0.25) is 0 Å². The molecule has 16 heavy (non-hydrogen) atoms. The summed E-state index contributed by atoms with van der Waals surface area (Å²) in [7, 11) is -3.51. The van der Waals surface area contributed by atoms with Gasteiger partial charge in [-0.2, -0.15) is 0 Å². The summed E-state index contributed by atoms with van der Waals surface area (Å²) < 4.78 is 22.2. The van der Waals surface area contributed by atoms with E-state index in [0.29, 0.717) is 13.0 Å². The average molecular weight is 252 g/mol. The second kappa shape index (κ2) is 5.63. The van der Waals surface area contributed by atoms with E-state index in [1.165, 1.54) is 0 Å². The Morgan fingerprint density at radius 2 is 1.56 bits per heavy atom. The van der Waals surface area contributed by atoms with Gasteiger partial charge in [0.15, 0.2) is 0 Å². The van der Waals surface area contributed by atoms with Crippen LogP contribution in [0.1, 0.15) is 48.0 Å². The summed E-state index contributed by atoms with van der Waals surface area (Å²) in [6.07, 6.45) is 0.623. The lowest BCUT2D eigenvalue weighted by atomic mass is 10.2. The Morgan fingerprint density at radius 3 is 1.94 bits per heavy atom. The second-order valence-corrected chi connectivity index (χ2v) is 8.48. The molecule has 0 spiro atoms. The largest absolute Gasteiger partial charge is 0.376 e. The Hall–Kier alpha value is 0.110. The molecule has 0 aromatic rings. The monoisotopic (exact) mass is 252 g/mol. The van der Waals surface area contributed by atoms with E-state index in [1.54, 1.807) is 20.8 Å². The first-order chi connectivity index (χ1) is 6.96. The molecule has 0 fully saturated rings. The molecule has 0 amide bonds. The van der Waals surface area contributed by atoms with Crippen LogP contribution in [0.2, 0.25) is 0 Å². The van der Waals surface area contributed by atoms with Crippen LogP contribution in [-0.4, -0.2) is 28.9 Å². The highest BCUT2D eigenvalue weighted by molar-refractivity contribution is 7.54. The molecule has 0 bridgehead atoms. The van der Waals surface area contributed by atoms with Gasteiger partial charge in [-0.25, -0.2) is 0 Å². The van der Waals surface area contributed by atoms with Crippen LogP contribution in [0.4, 0.5) is 0 Å². The van der Waals surface area contributed by atoms with E-state index in [1.807, 2.05) is 20.8 Å². The Labute approximate surface area is 98.9 Å². The maximum Gasteiger partial charge on any atom is 0.333 e. The van der Waals surface area contributed by atoms with Crippen molar-refractivity contribution in [3.8, 4) is 0 Å². The summed E-state index contributed by atoms with van der Waals surface area (Å²) in [4.78, 5) is 9.60. The van der Waals surface area contributed by atoms with Crippen molar-refractivity contribution in [1.82, 2.24) is 0 Å². The molecule has 5 heteroatoms. The van der Waals surface area contributed by atoms with Crippen LogP contribution in [0.5, 0.6) is 0 Å². The van der Waals surface area contributed by atoms with E-state index in [9.17, 15) is 9.46 Å². The standard InChI is InChI=1S/C11H25O4P/c1-10(2,3)14-8-7-9-15-16(12,13)11(4,5)6/h7-9H2,1-6H3,(H,12,13). The van der Waals surface area contributed by atoms with Gasteiger partial charge in [0.1, 0.15) is 0 Å². The minimum atomic E-state index is -3.51. The Balaban J connectivity index is 3.80. The summed E-state index contributed by atoms with van der Waals surface area (Å²) in [5.74, 6) is 0. The lowest BCUT2D eigenvalue weighted by molar-refractivity contribution is -0.00810. The van der Waals surface area contributed by atoms with Crippen LogP contribution in [-0.2, 0) is 13.8 Å². The van der Waals surface area contributed by atoms with Gasteiger partial charge in [0.25, 0.3) is 0 Å². The molecule has 0 aromatic heterocycles. The van der Waals surface area contributed by atoms with E-state index >= 15 is 0 Å². The fourth-order valence-electron chi connectivity index (χ4n) is 0.819. The van der Waals surface area contributed by atoms with Crippen molar-refractivity contribution in [2.75, 3.05) is 13.2 Å². The van der Waals surface area contributed by atoms with E-state index in [0.717, 1.165) is 0 Å². The zero-order chi connectivity index (χ0) is 13.0. The molecule has 1 N–H and O–H groups in total. The highest BCUT2D eigenvalue weighted by Crippen LogP contribution is 2.54. The topological polar surface area (TPSA) is 55.8 Å². The number of rotatable bonds is 5. The number of hydrogen-bond donors (Lipinski definition) is 1. The number of hydrogen-bond acceptors (Lipinski definition) is 3. The Bertz CT molecular complexity index is 250. The summed E-state index contributed by atoms with van der Waals surface area (Å²) >= 11 is 0. The van der Waals surface area contributed by atoms with Crippen molar-refractivity contribution < 1.29 is 18.7 Å². The van der Waals surface area contributed by atoms with Crippen LogP contribution >= 0.6 is 7.60 Å². The molecule has 0 aromatic carbocycles. The maximum atomic E-state index is 11.7. The second-order valence-electron chi connectivity index (χ2n) is 5.84. The van der Waals surface area contributed by atoms with Crippen molar-refractivity contribution in [1.29, 1.82) is 0 Å². The van der Waals surface area contributed by atoms with Crippen molar-refractivity contribution in [2.24, 2.45) is 0 Å². The molecular formula is C11H25O4P. The molecule has 0 heterocycles. The van der Waals surface area contributed by atoms with E-state index in [2.05, 4.69) is 0 Å². The highest BCUT2D eigenvalue weighted by Gasteiger charge is 2.35. The van der Waals surface area contributed by atoms with Crippen molar-refractivity contribution in [2.45, 2.75) is 58.7 Å². The Morgan fingerprint density at radius 1 is 1.06 bits per heavy atom. The number of ether oxygens (including phenoxy) is 1. The Kier molecular flexibility index (Phi) is 5.67. The average Bonchev–Trinajstić information content (AvgIpc) is 1.98. The molecule has 0 aliphatic heterocycles. The molecule has 0 radical (unpaired) electrons. The van der Waals surface area contributed by atoms with Crippen molar-refractivity contribution in [3.63, 3.8) is 0 Å². The quantitative estimate of drug-likeness (QED) is 0.603. The zero-order valence-electron chi connectivity index (χ0n) is 11.2. The molecule has 0 rings (SSSR count). The minimum Gasteiger partial charge on any atom is -0.376 e. The summed E-state index contributed by atoms with van der Waals surface area (Å²) in [6.45, 7) is 11.8. The summed E-state index contributed by atoms with van der Waals surface area (Å²) in [5, 5.41) is -0.724. The smallest absolute Gasteiger partial charge is 0.333 e. The lowest BCUT2D eigenvalue weighted by Crippen LogP contribution is -2.21. The minimum absolute atomic E-state index is 0.174. The molecule has 4 nitrogen and oxygen atoms in total. The molecule has 1 atom stereocenters. The first kappa shape index (κ1) is 16.1. The van der Waals surface area contributed by atoms with E-state index in [4.69, 9.17) is 9.26 Å². The van der Waals surface area contributed by atoms with Gasteiger partial charge in [0.05, 0.1) is 17.4 Å². The van der Waals surface area contributed by atoms with Gasteiger partial charge in [-0.05, 0) is 48.0 Å². The zero-order valence-corrected chi connectivity index (χ0v) is 12.1. The van der Waals surface area contributed by atoms with Gasteiger partial charge in [-0.3, -0.25) is 4.57 Å². The van der Waals surface area contributed by atoms with Crippen LogP contribution in [0, 0.1) is 0 Å². The SMILES string of the molecule is CC(C)(C)OCCCOP(=O)(O)C(C)(C)C. The fourth-order valence-corrected chi connectivity index (χ4v) is 1.58. The van der Waals surface area contributed by atoms with Gasteiger partial charge in [-0.15, -0.1) is 0 Å². The first-order valence-electron chi connectivity index (χ1n) is 5.57. The fraction of sp³-hybridized carbons (Fsp3) is 1.00. The predicted octanol–water partition coefficient (Wildman–Crippen LogP) is 3.19. The first-order valence-corrected chi connectivity index (χ1v) is 7.15. The van der Waals surface area contributed by atoms with Crippen molar-refractivity contribution >= 4 is 7.60 Å². The van der Waals surface area contributed by atoms with Crippen LogP contribution < -0.4 is 0 Å².